The highest BCUT2D eigenvalue weighted by Gasteiger charge is 2.09. The molecule has 1 N–H and O–H groups in total. The SMILES string of the molecule is Cn1cnnc1Sc1ccc(NC(=O)Cn2nc(-c3ccccc3)ccc2=O)cc1. The maximum Gasteiger partial charge on any atom is 0.267 e. The average Bonchev–Trinajstić information content (AvgIpc) is 3.16. The van der Waals surface area contributed by atoms with Crippen LogP contribution in [0, 0.1) is 0 Å². The molecule has 0 fully saturated rings. The van der Waals surface area contributed by atoms with Crippen LogP contribution in [0.3, 0.4) is 0 Å². The van der Waals surface area contributed by atoms with E-state index in [4.69, 9.17) is 0 Å². The fraction of sp³-hybridized carbons (Fsp3) is 0.0952. The first-order valence-electron chi connectivity index (χ1n) is 9.14. The molecule has 2 aromatic carbocycles. The summed E-state index contributed by atoms with van der Waals surface area (Å²) in [4.78, 5) is 25.5. The van der Waals surface area contributed by atoms with Crippen LogP contribution in [0.4, 0.5) is 5.69 Å². The number of hydrogen-bond acceptors (Lipinski definition) is 6. The highest BCUT2D eigenvalue weighted by Crippen LogP contribution is 2.26. The van der Waals surface area contributed by atoms with Gasteiger partial charge in [0.2, 0.25) is 5.91 Å². The Labute approximate surface area is 176 Å². The second-order valence-electron chi connectivity index (χ2n) is 6.48. The zero-order chi connectivity index (χ0) is 20.9. The molecule has 0 radical (unpaired) electrons. The average molecular weight is 418 g/mol. The predicted molar refractivity (Wildman–Crippen MR) is 114 cm³/mol. The van der Waals surface area contributed by atoms with Gasteiger partial charge < -0.3 is 9.88 Å². The van der Waals surface area contributed by atoms with Gasteiger partial charge in [-0.3, -0.25) is 9.59 Å². The molecule has 150 valence electrons. The van der Waals surface area contributed by atoms with Crippen molar-refractivity contribution < 1.29 is 4.79 Å². The number of aryl methyl sites for hydroxylation is 1. The number of nitrogens with one attached hydrogen (secondary N) is 1. The summed E-state index contributed by atoms with van der Waals surface area (Å²) < 4.78 is 2.99. The molecule has 4 aromatic rings. The zero-order valence-corrected chi connectivity index (χ0v) is 16.9. The van der Waals surface area contributed by atoms with Crippen molar-refractivity contribution in [3.05, 3.63) is 83.4 Å². The second kappa shape index (κ2) is 8.75. The summed E-state index contributed by atoms with van der Waals surface area (Å²) in [7, 11) is 1.87. The molecular weight excluding hydrogens is 400 g/mol. The number of aromatic nitrogens is 5. The van der Waals surface area contributed by atoms with E-state index in [0.29, 0.717) is 11.4 Å². The van der Waals surface area contributed by atoms with E-state index in [2.05, 4.69) is 20.6 Å². The van der Waals surface area contributed by atoms with Crippen molar-refractivity contribution in [3.63, 3.8) is 0 Å². The minimum Gasteiger partial charge on any atom is -0.324 e. The normalized spacial score (nSPS) is 10.7. The van der Waals surface area contributed by atoms with Gasteiger partial charge in [0, 0.05) is 29.3 Å². The Morgan fingerprint density at radius 3 is 2.50 bits per heavy atom. The summed E-state index contributed by atoms with van der Waals surface area (Å²) in [5.74, 6) is -0.330. The van der Waals surface area contributed by atoms with E-state index in [0.717, 1.165) is 20.3 Å². The summed E-state index contributed by atoms with van der Waals surface area (Å²) in [6.07, 6.45) is 1.64. The molecule has 30 heavy (non-hydrogen) atoms. The maximum absolute atomic E-state index is 12.4. The van der Waals surface area contributed by atoms with Gasteiger partial charge >= 0.3 is 0 Å². The van der Waals surface area contributed by atoms with Gasteiger partial charge in [-0.15, -0.1) is 10.2 Å². The summed E-state index contributed by atoms with van der Waals surface area (Å²) in [5.41, 5.74) is 1.81. The third-order valence-corrected chi connectivity index (χ3v) is 5.31. The Morgan fingerprint density at radius 1 is 1.03 bits per heavy atom. The van der Waals surface area contributed by atoms with Gasteiger partial charge in [0.05, 0.1) is 5.69 Å². The smallest absolute Gasteiger partial charge is 0.267 e. The summed E-state index contributed by atoms with van der Waals surface area (Å²) in [6, 6.07) is 19.9. The summed E-state index contributed by atoms with van der Waals surface area (Å²) in [6.45, 7) is -0.172. The van der Waals surface area contributed by atoms with Gasteiger partial charge in [-0.25, -0.2) is 4.68 Å². The quantitative estimate of drug-likeness (QED) is 0.517. The molecule has 0 saturated heterocycles. The van der Waals surface area contributed by atoms with Gasteiger partial charge in [-0.1, -0.05) is 30.3 Å². The molecule has 0 aliphatic heterocycles. The minimum atomic E-state index is -0.333. The lowest BCUT2D eigenvalue weighted by molar-refractivity contribution is -0.117. The van der Waals surface area contributed by atoms with E-state index < -0.39 is 0 Å². The van der Waals surface area contributed by atoms with E-state index in [1.165, 1.54) is 17.8 Å². The van der Waals surface area contributed by atoms with Crippen LogP contribution in [0.15, 0.2) is 87.9 Å². The number of nitrogens with zero attached hydrogens (tertiary/aromatic N) is 5. The predicted octanol–water partition coefficient (Wildman–Crippen LogP) is 2.83. The van der Waals surface area contributed by atoms with Crippen LogP contribution in [0.5, 0.6) is 0 Å². The molecule has 0 unspecified atom stereocenters. The molecular formula is C21H18N6O2S. The van der Waals surface area contributed by atoms with Crippen LogP contribution in [0.2, 0.25) is 0 Å². The highest BCUT2D eigenvalue weighted by atomic mass is 32.2. The highest BCUT2D eigenvalue weighted by molar-refractivity contribution is 7.99. The fourth-order valence-corrected chi connectivity index (χ4v) is 3.50. The monoisotopic (exact) mass is 418 g/mol. The fourth-order valence-electron chi connectivity index (χ4n) is 2.74. The first-order valence-corrected chi connectivity index (χ1v) is 9.95. The van der Waals surface area contributed by atoms with Crippen molar-refractivity contribution >= 4 is 23.4 Å². The number of amides is 1. The lowest BCUT2D eigenvalue weighted by Gasteiger charge is -2.09. The molecule has 1 amide bonds. The standard InChI is InChI=1S/C21H18N6O2S/c1-26-14-22-24-21(26)30-17-9-7-16(8-10-17)23-19(28)13-27-20(29)12-11-18(25-27)15-5-3-2-4-6-15/h2-12,14H,13H2,1H3,(H,23,28). The molecule has 0 aliphatic carbocycles. The Bertz CT molecular complexity index is 1220. The molecule has 0 bridgehead atoms. The van der Waals surface area contributed by atoms with Crippen molar-refractivity contribution in [1.29, 1.82) is 0 Å². The van der Waals surface area contributed by atoms with Gasteiger partial charge in [-0.2, -0.15) is 5.10 Å². The molecule has 0 saturated carbocycles. The van der Waals surface area contributed by atoms with Crippen LogP contribution in [-0.2, 0) is 18.4 Å². The van der Waals surface area contributed by atoms with E-state index in [1.54, 1.807) is 24.5 Å². The lowest BCUT2D eigenvalue weighted by atomic mass is 10.1. The van der Waals surface area contributed by atoms with Crippen LogP contribution >= 0.6 is 11.8 Å². The maximum atomic E-state index is 12.4. The number of rotatable bonds is 6. The van der Waals surface area contributed by atoms with Gasteiger partial charge in [0.25, 0.3) is 5.56 Å². The lowest BCUT2D eigenvalue weighted by Crippen LogP contribution is -2.29. The second-order valence-corrected chi connectivity index (χ2v) is 7.52. The summed E-state index contributed by atoms with van der Waals surface area (Å²) >= 11 is 1.47. The van der Waals surface area contributed by atoms with Crippen LogP contribution in [0.25, 0.3) is 11.3 Å². The Kier molecular flexibility index (Phi) is 5.71. The Morgan fingerprint density at radius 2 is 1.80 bits per heavy atom. The number of benzene rings is 2. The van der Waals surface area contributed by atoms with Crippen LogP contribution < -0.4 is 10.9 Å². The van der Waals surface area contributed by atoms with Crippen molar-refractivity contribution in [2.24, 2.45) is 7.05 Å². The van der Waals surface area contributed by atoms with Crippen LogP contribution in [-0.4, -0.2) is 30.5 Å². The topological polar surface area (TPSA) is 94.7 Å². The van der Waals surface area contributed by atoms with Gasteiger partial charge in [0.1, 0.15) is 12.9 Å². The largest absolute Gasteiger partial charge is 0.324 e. The number of carbonyl (C=O) groups is 1. The number of carbonyl (C=O) groups excluding carboxylic acids is 1. The number of anilines is 1. The molecule has 8 nitrogen and oxygen atoms in total. The van der Waals surface area contributed by atoms with Crippen molar-refractivity contribution in [2.75, 3.05) is 5.32 Å². The first kappa shape index (κ1) is 19.6. The van der Waals surface area contributed by atoms with Crippen molar-refractivity contribution in [3.8, 4) is 11.3 Å². The minimum absolute atomic E-state index is 0.172. The molecule has 0 spiro atoms. The zero-order valence-electron chi connectivity index (χ0n) is 16.1. The molecule has 2 aromatic heterocycles. The van der Waals surface area contributed by atoms with E-state index in [1.807, 2.05) is 54.1 Å². The van der Waals surface area contributed by atoms with Crippen molar-refractivity contribution in [1.82, 2.24) is 24.5 Å². The third-order valence-electron chi connectivity index (χ3n) is 4.25. The van der Waals surface area contributed by atoms with Gasteiger partial charge in [0.15, 0.2) is 5.16 Å². The third kappa shape index (κ3) is 4.64. The summed E-state index contributed by atoms with van der Waals surface area (Å²) in [5, 5.41) is 15.8. The molecule has 0 aliphatic rings. The molecule has 4 rings (SSSR count). The van der Waals surface area contributed by atoms with Crippen molar-refractivity contribution in [2.45, 2.75) is 16.6 Å². The van der Waals surface area contributed by atoms with E-state index in [9.17, 15) is 9.59 Å². The first-order chi connectivity index (χ1) is 14.6. The molecule has 2 heterocycles. The Hall–Kier alpha value is -3.72. The van der Waals surface area contributed by atoms with Crippen LogP contribution in [0.1, 0.15) is 0 Å². The molecule has 9 heteroatoms. The Balaban J connectivity index is 1.42. The molecule has 0 atom stereocenters. The van der Waals surface area contributed by atoms with Gasteiger partial charge in [-0.05, 0) is 42.1 Å². The number of hydrogen-bond donors (Lipinski definition) is 1. The van der Waals surface area contributed by atoms with E-state index >= 15 is 0 Å². The van der Waals surface area contributed by atoms with E-state index in [-0.39, 0.29) is 18.0 Å².